The van der Waals surface area contributed by atoms with Crippen molar-refractivity contribution in [2.24, 2.45) is 0 Å². The number of halogens is 1. The zero-order valence-electron chi connectivity index (χ0n) is 15.5. The van der Waals surface area contributed by atoms with Gasteiger partial charge in [0.15, 0.2) is 11.5 Å². The van der Waals surface area contributed by atoms with Gasteiger partial charge in [-0.25, -0.2) is 4.79 Å². The van der Waals surface area contributed by atoms with Gasteiger partial charge in [-0.2, -0.15) is 0 Å². The van der Waals surface area contributed by atoms with E-state index in [0.29, 0.717) is 40.9 Å². The maximum Gasteiger partial charge on any atom is 0.338 e. The fourth-order valence-electron chi connectivity index (χ4n) is 3.21. The number of ether oxygens (including phenoxy) is 3. The molecule has 1 saturated heterocycles. The Balaban J connectivity index is 1.37. The maximum absolute atomic E-state index is 12.3. The molecule has 0 bridgehead atoms. The number of fused-ring (bicyclic) bond motifs is 1. The molecule has 150 valence electrons. The first-order chi connectivity index (χ1) is 14.0. The minimum atomic E-state index is -0.490. The standard InChI is InChI=1S/C21H18ClNO6/c22-16-9-14(10-17-20(16)28-8-7-27-17)12-29-21(26)15-3-1-13(2-4-15)11-23-18(24)5-6-19(23)25/h1-4,9-10H,5-8,11-12H2. The average Bonchev–Trinajstić information content (AvgIpc) is 3.04. The Morgan fingerprint density at radius 1 is 1.00 bits per heavy atom. The smallest absolute Gasteiger partial charge is 0.338 e. The predicted molar refractivity (Wildman–Crippen MR) is 103 cm³/mol. The van der Waals surface area contributed by atoms with Gasteiger partial charge in [0.1, 0.15) is 19.8 Å². The molecule has 4 rings (SSSR count). The van der Waals surface area contributed by atoms with Gasteiger partial charge in [-0.3, -0.25) is 14.5 Å². The van der Waals surface area contributed by atoms with Crippen molar-refractivity contribution in [2.75, 3.05) is 13.2 Å². The third kappa shape index (κ3) is 4.19. The first-order valence-corrected chi connectivity index (χ1v) is 9.56. The summed E-state index contributed by atoms with van der Waals surface area (Å²) < 4.78 is 16.3. The number of hydrogen-bond donors (Lipinski definition) is 0. The van der Waals surface area contributed by atoms with Crippen molar-refractivity contribution in [1.82, 2.24) is 4.90 Å². The molecule has 2 amide bonds. The number of carbonyl (C=O) groups is 3. The van der Waals surface area contributed by atoms with Crippen LogP contribution in [0.15, 0.2) is 36.4 Å². The highest BCUT2D eigenvalue weighted by Gasteiger charge is 2.28. The van der Waals surface area contributed by atoms with Gasteiger partial charge >= 0.3 is 5.97 Å². The van der Waals surface area contributed by atoms with E-state index in [9.17, 15) is 14.4 Å². The van der Waals surface area contributed by atoms with E-state index in [1.807, 2.05) is 0 Å². The lowest BCUT2D eigenvalue weighted by atomic mass is 10.1. The third-order valence-corrected chi connectivity index (χ3v) is 4.99. The molecule has 1 fully saturated rings. The average molecular weight is 416 g/mol. The molecule has 2 aliphatic rings. The topological polar surface area (TPSA) is 82.1 Å². The molecular formula is C21H18ClNO6. The molecular weight excluding hydrogens is 398 g/mol. The first kappa shape index (κ1) is 19.3. The molecule has 2 aliphatic heterocycles. The fraction of sp³-hybridized carbons (Fsp3) is 0.286. The lowest BCUT2D eigenvalue weighted by molar-refractivity contribution is -0.139. The van der Waals surface area contributed by atoms with Crippen molar-refractivity contribution in [1.29, 1.82) is 0 Å². The Hall–Kier alpha value is -3.06. The van der Waals surface area contributed by atoms with Gasteiger partial charge in [0.2, 0.25) is 11.8 Å². The van der Waals surface area contributed by atoms with Gasteiger partial charge in [-0.05, 0) is 35.4 Å². The number of esters is 1. The van der Waals surface area contributed by atoms with Crippen molar-refractivity contribution in [3.63, 3.8) is 0 Å². The number of likely N-dealkylation sites (tertiary alicyclic amines) is 1. The molecule has 0 unspecified atom stereocenters. The van der Waals surface area contributed by atoms with E-state index in [2.05, 4.69) is 0 Å². The molecule has 0 spiro atoms. The molecule has 0 aliphatic carbocycles. The predicted octanol–water partition coefficient (Wildman–Crippen LogP) is 3.12. The maximum atomic E-state index is 12.3. The summed E-state index contributed by atoms with van der Waals surface area (Å²) in [5.41, 5.74) is 1.83. The molecule has 2 aromatic rings. The molecule has 0 aromatic heterocycles. The summed E-state index contributed by atoms with van der Waals surface area (Å²) in [5.74, 6) is 0.202. The van der Waals surface area contributed by atoms with E-state index in [4.69, 9.17) is 25.8 Å². The van der Waals surface area contributed by atoms with Crippen LogP contribution in [0.25, 0.3) is 0 Å². The van der Waals surface area contributed by atoms with E-state index >= 15 is 0 Å². The van der Waals surface area contributed by atoms with E-state index in [0.717, 1.165) is 5.56 Å². The first-order valence-electron chi connectivity index (χ1n) is 9.18. The lowest BCUT2D eigenvalue weighted by Gasteiger charge is -2.20. The van der Waals surface area contributed by atoms with Gasteiger partial charge in [0.25, 0.3) is 0 Å². The molecule has 0 saturated carbocycles. The fourth-order valence-corrected chi connectivity index (χ4v) is 3.50. The number of benzene rings is 2. The summed E-state index contributed by atoms with van der Waals surface area (Å²) in [6.07, 6.45) is 0.514. The Morgan fingerprint density at radius 2 is 1.69 bits per heavy atom. The number of hydrogen-bond acceptors (Lipinski definition) is 6. The van der Waals surface area contributed by atoms with Gasteiger partial charge in [0, 0.05) is 12.8 Å². The summed E-state index contributed by atoms with van der Waals surface area (Å²) in [6.45, 7) is 1.13. The van der Waals surface area contributed by atoms with E-state index in [1.54, 1.807) is 36.4 Å². The van der Waals surface area contributed by atoms with E-state index in [-0.39, 0.29) is 37.8 Å². The van der Waals surface area contributed by atoms with Crippen LogP contribution >= 0.6 is 11.6 Å². The van der Waals surface area contributed by atoms with Gasteiger partial charge in [0.05, 0.1) is 17.1 Å². The summed E-state index contributed by atoms with van der Waals surface area (Å²) >= 11 is 6.19. The number of nitrogens with zero attached hydrogens (tertiary/aromatic N) is 1. The Labute approximate surface area is 172 Å². The molecule has 0 radical (unpaired) electrons. The normalized spacial score (nSPS) is 15.6. The van der Waals surface area contributed by atoms with Gasteiger partial charge < -0.3 is 14.2 Å². The summed E-state index contributed by atoms with van der Waals surface area (Å²) in [5, 5.41) is 0.406. The van der Waals surface area contributed by atoms with Crippen molar-refractivity contribution in [3.05, 3.63) is 58.1 Å². The third-order valence-electron chi connectivity index (χ3n) is 4.71. The summed E-state index contributed by atoms with van der Waals surface area (Å²) in [6, 6.07) is 10.0. The van der Waals surface area contributed by atoms with Crippen LogP contribution in [0, 0.1) is 0 Å². The van der Waals surface area contributed by atoms with E-state index < -0.39 is 5.97 Å². The number of imide groups is 1. The summed E-state index contributed by atoms with van der Waals surface area (Å²) in [4.78, 5) is 37.0. The second-order valence-electron chi connectivity index (χ2n) is 6.75. The molecule has 7 nitrogen and oxygen atoms in total. The second kappa shape index (κ2) is 8.13. The molecule has 8 heteroatoms. The second-order valence-corrected chi connectivity index (χ2v) is 7.16. The van der Waals surface area contributed by atoms with Crippen molar-refractivity contribution < 1.29 is 28.6 Å². The van der Waals surface area contributed by atoms with Crippen molar-refractivity contribution >= 4 is 29.4 Å². The van der Waals surface area contributed by atoms with Gasteiger partial charge in [-0.1, -0.05) is 23.7 Å². The van der Waals surface area contributed by atoms with Crippen LogP contribution < -0.4 is 9.47 Å². The lowest BCUT2D eigenvalue weighted by Crippen LogP contribution is -2.28. The monoisotopic (exact) mass is 415 g/mol. The Kier molecular flexibility index (Phi) is 5.40. The minimum Gasteiger partial charge on any atom is -0.486 e. The molecule has 2 aromatic carbocycles. The van der Waals surface area contributed by atoms with Crippen LogP contribution in [-0.2, 0) is 27.5 Å². The van der Waals surface area contributed by atoms with Crippen LogP contribution in [0.3, 0.4) is 0 Å². The highest BCUT2D eigenvalue weighted by molar-refractivity contribution is 6.32. The largest absolute Gasteiger partial charge is 0.486 e. The van der Waals surface area contributed by atoms with Crippen molar-refractivity contribution in [2.45, 2.75) is 26.0 Å². The van der Waals surface area contributed by atoms with Crippen LogP contribution in [0.4, 0.5) is 0 Å². The Bertz CT molecular complexity index is 956. The number of rotatable bonds is 5. The van der Waals surface area contributed by atoms with Gasteiger partial charge in [-0.15, -0.1) is 0 Å². The van der Waals surface area contributed by atoms with E-state index in [1.165, 1.54) is 4.90 Å². The van der Waals surface area contributed by atoms with Crippen LogP contribution in [0.5, 0.6) is 11.5 Å². The highest BCUT2D eigenvalue weighted by Crippen LogP contribution is 2.38. The quantitative estimate of drug-likeness (QED) is 0.551. The molecule has 29 heavy (non-hydrogen) atoms. The number of carbonyl (C=O) groups excluding carboxylic acids is 3. The SMILES string of the molecule is O=C(OCc1cc(Cl)c2c(c1)OCCO2)c1ccc(CN2C(=O)CCC2=O)cc1. The zero-order valence-corrected chi connectivity index (χ0v) is 16.2. The van der Waals surface area contributed by atoms with Crippen LogP contribution in [0.2, 0.25) is 5.02 Å². The van der Waals surface area contributed by atoms with Crippen LogP contribution in [-0.4, -0.2) is 35.9 Å². The van der Waals surface area contributed by atoms with Crippen LogP contribution in [0.1, 0.15) is 34.3 Å². The minimum absolute atomic E-state index is 0.0354. The Morgan fingerprint density at radius 3 is 2.41 bits per heavy atom. The number of amides is 2. The molecule has 0 N–H and O–H groups in total. The highest BCUT2D eigenvalue weighted by atomic mass is 35.5. The molecule has 0 atom stereocenters. The summed E-state index contributed by atoms with van der Waals surface area (Å²) in [7, 11) is 0. The van der Waals surface area contributed by atoms with Crippen molar-refractivity contribution in [3.8, 4) is 11.5 Å². The zero-order chi connectivity index (χ0) is 20.4. The molecule has 2 heterocycles.